The molecule has 0 radical (unpaired) electrons. The highest BCUT2D eigenvalue weighted by molar-refractivity contribution is 7.86. The van der Waals surface area contributed by atoms with Gasteiger partial charge in [-0.15, -0.1) is 0 Å². The number of likely N-dealkylation sites (N-methyl/N-ethyl adjacent to an activating group) is 2. The van der Waals surface area contributed by atoms with Crippen LogP contribution in [-0.4, -0.2) is 182 Å². The van der Waals surface area contributed by atoms with Crippen molar-refractivity contribution >= 4 is 45.1 Å². The van der Waals surface area contributed by atoms with Crippen LogP contribution in [0.4, 0.5) is 0 Å². The number of carbonyl (C=O) groups is 4. The highest BCUT2D eigenvalue weighted by Crippen LogP contribution is 2.45. The molecule has 0 amide bonds. The fraction of sp³-hybridized carbons (Fsp3) is 0.412. The Balaban J connectivity index is 0.000000592. The molecule has 6 aromatic rings. The number of carbonyl (C=O) groups excluding carboxylic acids is 4. The van der Waals surface area contributed by atoms with Gasteiger partial charge < -0.3 is 74.9 Å². The minimum absolute atomic E-state index is 0.105. The molecule has 94 heavy (non-hydrogen) atoms. The maximum atomic E-state index is 13.7. The van der Waals surface area contributed by atoms with Gasteiger partial charge in [0.2, 0.25) is 12.2 Å². The van der Waals surface area contributed by atoms with Gasteiger partial charge in [0.05, 0.1) is 107 Å². The van der Waals surface area contributed by atoms with E-state index < -0.39 is 44.4 Å². The first-order valence-electron chi connectivity index (χ1n) is 30.1. The Morgan fingerprint density at radius 2 is 0.777 bits per heavy atom. The summed E-state index contributed by atoms with van der Waals surface area (Å²) in [6.07, 6.45) is 2.55. The van der Waals surface area contributed by atoms with E-state index in [2.05, 4.69) is 14.1 Å². The summed E-state index contributed by atoms with van der Waals surface area (Å²) in [5.74, 6) is 3.58. The number of benzene rings is 6. The first-order valence-corrected chi connectivity index (χ1v) is 32.9. The molecular formula is C68H84N2O22S2. The summed E-state index contributed by atoms with van der Waals surface area (Å²) in [5, 5.41) is 0. The topological polar surface area (TPSA) is 293 Å². The summed E-state index contributed by atoms with van der Waals surface area (Å²) in [7, 11) is 8.38. The maximum absolute atomic E-state index is 13.7. The molecule has 0 bridgehead atoms. The van der Waals surface area contributed by atoms with Crippen LogP contribution in [-0.2, 0) is 84.0 Å². The Labute approximate surface area is 550 Å². The highest BCUT2D eigenvalue weighted by atomic mass is 32.2. The molecule has 0 saturated heterocycles. The summed E-state index contributed by atoms with van der Waals surface area (Å²) in [4.78, 5) is 50.7. The molecule has 0 aliphatic carbocycles. The van der Waals surface area contributed by atoms with Gasteiger partial charge in [-0.25, -0.2) is 26.4 Å². The fourth-order valence-electron chi connectivity index (χ4n) is 11.7. The fourth-order valence-corrected chi connectivity index (χ4v) is 12.7. The molecule has 6 aromatic carbocycles. The van der Waals surface area contributed by atoms with Crippen LogP contribution in [0.2, 0.25) is 0 Å². The van der Waals surface area contributed by atoms with Gasteiger partial charge in [-0.2, -0.15) is 0 Å². The highest BCUT2D eigenvalue weighted by Gasteiger charge is 2.46. The van der Waals surface area contributed by atoms with Crippen molar-refractivity contribution in [1.29, 1.82) is 0 Å². The van der Waals surface area contributed by atoms with Crippen LogP contribution >= 0.6 is 0 Å². The molecule has 2 aliphatic heterocycles. The number of fused-ring (bicyclic) bond motifs is 2. The quantitative estimate of drug-likeness (QED) is 0.00996. The van der Waals surface area contributed by atoms with Crippen molar-refractivity contribution in [1.82, 2.24) is 0 Å². The van der Waals surface area contributed by atoms with Crippen LogP contribution in [0.25, 0.3) is 0 Å². The summed E-state index contributed by atoms with van der Waals surface area (Å²) in [6, 6.07) is 33.6. The van der Waals surface area contributed by atoms with Gasteiger partial charge in [0.25, 0.3) is 12.9 Å². The van der Waals surface area contributed by atoms with E-state index in [0.717, 1.165) is 33.4 Å². The van der Waals surface area contributed by atoms with Gasteiger partial charge >= 0.3 is 11.9 Å². The van der Waals surface area contributed by atoms with E-state index in [1.165, 1.54) is 48.5 Å². The van der Waals surface area contributed by atoms with E-state index in [9.17, 15) is 45.1 Å². The zero-order chi connectivity index (χ0) is 68.6. The minimum atomic E-state index is -4.25. The molecule has 0 fully saturated rings. The lowest BCUT2D eigenvalue weighted by Gasteiger charge is -2.46. The first-order chi connectivity index (χ1) is 45.0. The molecule has 2 heterocycles. The Kier molecular flexibility index (Phi) is 27.7. The van der Waals surface area contributed by atoms with Crippen molar-refractivity contribution in [3.63, 3.8) is 0 Å². The lowest BCUT2D eigenvalue weighted by molar-refractivity contribution is -0.943. The van der Waals surface area contributed by atoms with Crippen molar-refractivity contribution in [3.8, 4) is 46.0 Å². The zero-order valence-corrected chi connectivity index (χ0v) is 56.2. The number of unbranched alkanes of at least 4 members (excludes halogenated alkanes) is 3. The molecule has 8 rings (SSSR count). The van der Waals surface area contributed by atoms with Crippen LogP contribution in [0.3, 0.4) is 0 Å². The summed E-state index contributed by atoms with van der Waals surface area (Å²) in [5.41, 5.74) is 6.23. The number of ether oxygens (including phenoxy) is 12. The van der Waals surface area contributed by atoms with Gasteiger partial charge in [0, 0.05) is 36.8 Å². The predicted molar refractivity (Wildman–Crippen MR) is 341 cm³/mol. The third-order valence-electron chi connectivity index (χ3n) is 16.8. The van der Waals surface area contributed by atoms with Crippen molar-refractivity contribution in [3.05, 3.63) is 155 Å². The minimum Gasteiger partial charge on any atom is -0.744 e. The zero-order valence-electron chi connectivity index (χ0n) is 54.6. The van der Waals surface area contributed by atoms with Crippen molar-refractivity contribution in [2.45, 2.75) is 85.4 Å². The number of rotatable bonds is 31. The number of nitrogens with zero attached hydrogens (tertiary/aromatic N) is 2. The summed E-state index contributed by atoms with van der Waals surface area (Å²) in [6.45, 7) is 2.40. The lowest BCUT2D eigenvalue weighted by Crippen LogP contribution is -2.57. The van der Waals surface area contributed by atoms with Gasteiger partial charge in [-0.3, -0.25) is 9.59 Å². The van der Waals surface area contributed by atoms with Crippen LogP contribution < -0.4 is 37.9 Å². The van der Waals surface area contributed by atoms with Crippen molar-refractivity contribution < 1.29 is 111 Å². The Bertz CT molecular complexity index is 3470. The molecule has 2 unspecified atom stereocenters. The van der Waals surface area contributed by atoms with Crippen LogP contribution in [0.1, 0.15) is 71.1 Å². The van der Waals surface area contributed by atoms with Crippen LogP contribution in [0.15, 0.2) is 131 Å². The molecule has 0 saturated carbocycles. The summed E-state index contributed by atoms with van der Waals surface area (Å²) >= 11 is 0. The van der Waals surface area contributed by atoms with E-state index in [-0.39, 0.29) is 48.2 Å². The van der Waals surface area contributed by atoms with Gasteiger partial charge in [-0.05, 0) is 121 Å². The SMILES string of the molecule is COc1ccc(C[C@@H]2c3cc(OC)c(OC)cc3CC[N+]2(C)C[C@H](OC=O)C(=O)OCCCCCCOC(=O)[C@H](C[N+]2(C)CCc3cc(OC)c(OC)cc3[C@H]2Cc2ccc(OC)c(OC)c2)OC=O)cc1OC.O=S(=O)([O-])c1ccccc1.O=S(=O)([O-])c1ccccc1. The maximum Gasteiger partial charge on any atom is 0.353 e. The second-order valence-electron chi connectivity index (χ2n) is 22.6. The van der Waals surface area contributed by atoms with Crippen LogP contribution in [0.5, 0.6) is 46.0 Å². The van der Waals surface area contributed by atoms with E-state index >= 15 is 0 Å². The Hall–Kier alpha value is -8.66. The number of hydrogen-bond donors (Lipinski definition) is 0. The van der Waals surface area contributed by atoms with Gasteiger partial charge in [0.15, 0.2) is 46.0 Å². The largest absolute Gasteiger partial charge is 0.744 e. The number of esters is 2. The molecule has 0 spiro atoms. The van der Waals surface area contributed by atoms with Gasteiger partial charge in [-0.1, -0.05) is 48.5 Å². The predicted octanol–water partition coefficient (Wildman–Crippen LogP) is 7.94. The third-order valence-corrected chi connectivity index (χ3v) is 18.5. The molecule has 6 atom stereocenters. The summed E-state index contributed by atoms with van der Waals surface area (Å²) < 4.78 is 130. The van der Waals surface area contributed by atoms with Crippen molar-refractivity contribution in [2.75, 3.05) is 110 Å². The number of quaternary nitrogens is 2. The van der Waals surface area contributed by atoms with E-state index in [4.69, 9.17) is 56.8 Å². The lowest BCUT2D eigenvalue weighted by atomic mass is 9.86. The smallest absolute Gasteiger partial charge is 0.353 e. The standard InChI is InChI=1S/C56H74N2O16.2C6H6O3S/c1-57(21-19-39-29-49(67-7)51(69-9)31-41(39)43(57)25-37-15-17-45(63-3)47(27-37)65-5)33-53(73-35-59)55(61)71-23-13-11-12-14-24-72-56(62)54(74-36-60)34-58(2)22-20-40-30-50(68-8)52(70-10)32-42(40)44(58)26-38-16-18-46(64-4)48(28-38)66-6;2*7-10(8,9)6-4-2-1-3-5-6/h15-18,27-32,35-36,43-44,53-54H,11-14,19-26,33-34H2,1-10H3;2*1-5H,(H,7,8,9)/q+2;;/p-2/t43-,44-,53+,54+,57?,58?;;/m1../s1. The molecule has 2 aliphatic rings. The third kappa shape index (κ3) is 19.9. The van der Waals surface area contributed by atoms with E-state index in [1.807, 2.05) is 60.7 Å². The number of methoxy groups -OCH3 is 8. The van der Waals surface area contributed by atoms with Crippen molar-refractivity contribution in [2.24, 2.45) is 0 Å². The normalized spacial score (nSPS) is 17.7. The second kappa shape index (κ2) is 35.0. The molecular weight excluding hydrogens is 1260 g/mol. The van der Waals surface area contributed by atoms with Gasteiger partial charge in [0.1, 0.15) is 45.4 Å². The van der Waals surface area contributed by atoms with E-state index in [0.29, 0.717) is 132 Å². The monoisotopic (exact) mass is 1340 g/mol. The molecule has 0 N–H and O–H groups in total. The van der Waals surface area contributed by atoms with Crippen LogP contribution in [0, 0.1) is 0 Å². The second-order valence-corrected chi connectivity index (χ2v) is 25.4. The average Bonchev–Trinajstić information content (AvgIpc) is 0.761. The molecule has 24 nitrogen and oxygen atoms in total. The Morgan fingerprint density at radius 1 is 0.457 bits per heavy atom. The first kappa shape index (κ1) is 74.4. The average molecular weight is 1350 g/mol. The molecule has 510 valence electrons. The molecule has 26 heteroatoms. The Morgan fingerprint density at radius 3 is 1.07 bits per heavy atom. The van der Waals surface area contributed by atoms with E-state index in [1.54, 1.807) is 69.0 Å². The molecule has 0 aromatic heterocycles. The number of hydrogen-bond acceptors (Lipinski definition) is 22.